The number of methoxy groups -OCH3 is 1. The lowest BCUT2D eigenvalue weighted by Crippen LogP contribution is -2.00. The quantitative estimate of drug-likeness (QED) is 0.786. The van der Waals surface area contributed by atoms with Gasteiger partial charge in [0.05, 0.1) is 17.3 Å². The number of nitrogens with zero attached hydrogens (tertiary/aromatic N) is 2. The van der Waals surface area contributed by atoms with E-state index in [2.05, 4.69) is 9.97 Å². The maximum absolute atomic E-state index is 12.5. The number of Topliss-reactive ketones (excluding diaryl/α,β-unsaturated/α-hetero) is 1. The SMILES string of the molecule is COc1ccc2sc(C3=C(O)c4cccnc4C3=O)nc2c1. The molecular formula is C16H10N2O3S. The van der Waals surface area contributed by atoms with Crippen LogP contribution in [0.25, 0.3) is 21.5 Å². The summed E-state index contributed by atoms with van der Waals surface area (Å²) >= 11 is 1.36. The van der Waals surface area contributed by atoms with Crippen molar-refractivity contribution < 1.29 is 14.6 Å². The minimum absolute atomic E-state index is 0.0564. The Morgan fingerprint density at radius 2 is 2.14 bits per heavy atom. The lowest BCUT2D eigenvalue weighted by Gasteiger charge is -1.96. The van der Waals surface area contributed by atoms with Gasteiger partial charge in [0.15, 0.2) is 0 Å². The number of rotatable bonds is 2. The van der Waals surface area contributed by atoms with Crippen molar-refractivity contribution in [2.45, 2.75) is 0 Å². The largest absolute Gasteiger partial charge is 0.506 e. The van der Waals surface area contributed by atoms with Crippen molar-refractivity contribution in [2.24, 2.45) is 0 Å². The highest BCUT2D eigenvalue weighted by molar-refractivity contribution is 7.20. The van der Waals surface area contributed by atoms with Crippen LogP contribution in [0, 0.1) is 0 Å². The summed E-state index contributed by atoms with van der Waals surface area (Å²) < 4.78 is 6.10. The van der Waals surface area contributed by atoms with Crippen LogP contribution in [-0.2, 0) is 0 Å². The van der Waals surface area contributed by atoms with E-state index in [9.17, 15) is 9.90 Å². The summed E-state index contributed by atoms with van der Waals surface area (Å²) in [5.74, 6) is 0.350. The number of allylic oxidation sites excluding steroid dienone is 1. The second-order valence-electron chi connectivity index (χ2n) is 4.80. The average molecular weight is 310 g/mol. The fourth-order valence-corrected chi connectivity index (χ4v) is 3.47. The standard InChI is InChI=1S/C16H10N2O3S/c1-21-8-4-5-11-10(7-8)18-16(22-11)12-14(19)9-3-2-6-17-13(9)15(12)20/h2-7,19H,1H3. The number of hydrogen-bond donors (Lipinski definition) is 1. The molecule has 6 heteroatoms. The monoisotopic (exact) mass is 310 g/mol. The van der Waals surface area contributed by atoms with Gasteiger partial charge in [0.1, 0.15) is 27.8 Å². The van der Waals surface area contributed by atoms with Crippen molar-refractivity contribution >= 4 is 38.7 Å². The van der Waals surface area contributed by atoms with Gasteiger partial charge in [-0.15, -0.1) is 11.3 Å². The van der Waals surface area contributed by atoms with Gasteiger partial charge < -0.3 is 9.84 Å². The predicted octanol–water partition coefficient (Wildman–Crippen LogP) is 3.32. The van der Waals surface area contributed by atoms with Crippen LogP contribution in [0.2, 0.25) is 0 Å². The maximum Gasteiger partial charge on any atom is 0.218 e. The van der Waals surface area contributed by atoms with Gasteiger partial charge in [-0.3, -0.25) is 9.78 Å². The summed E-state index contributed by atoms with van der Waals surface area (Å²) in [5.41, 5.74) is 1.68. The van der Waals surface area contributed by atoms with Crippen molar-refractivity contribution in [3.05, 3.63) is 52.8 Å². The maximum atomic E-state index is 12.5. The molecule has 3 aromatic rings. The van der Waals surface area contributed by atoms with Gasteiger partial charge in [0.25, 0.3) is 0 Å². The number of benzene rings is 1. The van der Waals surface area contributed by atoms with E-state index in [0.29, 0.717) is 16.3 Å². The fourth-order valence-electron chi connectivity index (χ4n) is 2.48. The number of hydrogen-bond acceptors (Lipinski definition) is 6. The van der Waals surface area contributed by atoms with Crippen molar-refractivity contribution in [3.63, 3.8) is 0 Å². The Balaban J connectivity index is 1.89. The molecule has 0 saturated heterocycles. The molecule has 1 aliphatic rings. The minimum atomic E-state index is -0.292. The number of thiazole rings is 1. The molecule has 1 aliphatic carbocycles. The molecule has 2 heterocycles. The summed E-state index contributed by atoms with van der Waals surface area (Å²) in [4.78, 5) is 21.0. The first kappa shape index (κ1) is 13.0. The molecule has 4 rings (SSSR count). The number of ether oxygens (including phenoxy) is 1. The Labute approximate surface area is 129 Å². The number of pyridine rings is 1. The zero-order valence-electron chi connectivity index (χ0n) is 11.5. The van der Waals surface area contributed by atoms with Crippen LogP contribution in [0.1, 0.15) is 21.1 Å². The molecule has 0 bridgehead atoms. The molecule has 5 nitrogen and oxygen atoms in total. The molecule has 1 aromatic carbocycles. The zero-order chi connectivity index (χ0) is 15.3. The Morgan fingerprint density at radius 1 is 1.27 bits per heavy atom. The van der Waals surface area contributed by atoms with Crippen molar-refractivity contribution in [1.29, 1.82) is 0 Å². The first-order valence-corrected chi connectivity index (χ1v) is 7.39. The number of carbonyl (C=O) groups excluding carboxylic acids is 1. The van der Waals surface area contributed by atoms with E-state index in [1.165, 1.54) is 17.5 Å². The van der Waals surface area contributed by atoms with E-state index < -0.39 is 0 Å². The number of aliphatic hydroxyl groups excluding tert-OH is 1. The van der Waals surface area contributed by atoms with Crippen molar-refractivity contribution in [1.82, 2.24) is 9.97 Å². The van der Waals surface area contributed by atoms with Gasteiger partial charge in [-0.25, -0.2) is 4.98 Å². The Hall–Kier alpha value is -2.73. The molecule has 0 radical (unpaired) electrons. The van der Waals surface area contributed by atoms with Crippen LogP contribution < -0.4 is 4.74 Å². The number of aliphatic hydroxyl groups is 1. The first-order valence-electron chi connectivity index (χ1n) is 6.57. The molecule has 2 aromatic heterocycles. The van der Waals surface area contributed by atoms with Gasteiger partial charge in [-0.1, -0.05) is 0 Å². The van der Waals surface area contributed by atoms with Crippen LogP contribution >= 0.6 is 11.3 Å². The normalized spacial score (nSPS) is 13.8. The Bertz CT molecular complexity index is 959. The van der Waals surface area contributed by atoms with Crippen molar-refractivity contribution in [3.8, 4) is 5.75 Å². The fraction of sp³-hybridized carbons (Fsp3) is 0.0625. The average Bonchev–Trinajstić information content (AvgIpc) is 3.06. The van der Waals surface area contributed by atoms with E-state index in [0.717, 1.165) is 10.2 Å². The first-order chi connectivity index (χ1) is 10.7. The van der Waals surface area contributed by atoms with E-state index in [1.807, 2.05) is 12.1 Å². The zero-order valence-corrected chi connectivity index (χ0v) is 12.3. The third kappa shape index (κ3) is 1.74. The molecule has 0 atom stereocenters. The Morgan fingerprint density at radius 3 is 2.91 bits per heavy atom. The van der Waals surface area contributed by atoms with Crippen LogP contribution in [0.4, 0.5) is 0 Å². The number of ketones is 1. The molecule has 0 spiro atoms. The molecule has 0 saturated carbocycles. The van der Waals surface area contributed by atoms with Gasteiger partial charge in [-0.05, 0) is 24.3 Å². The second kappa shape index (κ2) is 4.64. The van der Waals surface area contributed by atoms with Crippen molar-refractivity contribution in [2.75, 3.05) is 7.11 Å². The van der Waals surface area contributed by atoms with Crippen LogP contribution in [-0.4, -0.2) is 28.0 Å². The molecule has 108 valence electrons. The summed E-state index contributed by atoms with van der Waals surface area (Å²) in [5, 5.41) is 10.8. The lowest BCUT2D eigenvalue weighted by atomic mass is 10.2. The number of fused-ring (bicyclic) bond motifs is 2. The summed E-state index contributed by atoms with van der Waals surface area (Å²) in [6.07, 6.45) is 1.54. The lowest BCUT2D eigenvalue weighted by molar-refractivity contribution is 0.105. The van der Waals surface area contributed by atoms with E-state index in [4.69, 9.17) is 4.74 Å². The highest BCUT2D eigenvalue weighted by Gasteiger charge is 2.33. The number of aromatic nitrogens is 2. The predicted molar refractivity (Wildman–Crippen MR) is 84.2 cm³/mol. The Kier molecular flexibility index (Phi) is 2.74. The summed E-state index contributed by atoms with van der Waals surface area (Å²) in [6.45, 7) is 0. The molecular weight excluding hydrogens is 300 g/mol. The smallest absolute Gasteiger partial charge is 0.218 e. The van der Waals surface area contributed by atoms with Gasteiger partial charge in [0, 0.05) is 17.8 Å². The number of carbonyl (C=O) groups is 1. The minimum Gasteiger partial charge on any atom is -0.506 e. The molecule has 0 unspecified atom stereocenters. The van der Waals surface area contributed by atoms with Crippen LogP contribution in [0.15, 0.2) is 36.5 Å². The molecule has 0 amide bonds. The molecule has 1 N–H and O–H groups in total. The second-order valence-corrected chi connectivity index (χ2v) is 5.84. The van der Waals surface area contributed by atoms with E-state index >= 15 is 0 Å². The molecule has 0 aliphatic heterocycles. The third-order valence-electron chi connectivity index (χ3n) is 3.55. The highest BCUT2D eigenvalue weighted by Crippen LogP contribution is 2.39. The molecule has 22 heavy (non-hydrogen) atoms. The van der Waals surface area contributed by atoms with Gasteiger partial charge >= 0.3 is 0 Å². The van der Waals surface area contributed by atoms with Gasteiger partial charge in [0.2, 0.25) is 5.78 Å². The molecule has 0 fully saturated rings. The van der Waals surface area contributed by atoms with Crippen LogP contribution in [0.3, 0.4) is 0 Å². The van der Waals surface area contributed by atoms with E-state index in [1.54, 1.807) is 25.3 Å². The highest BCUT2D eigenvalue weighted by atomic mass is 32.1. The van der Waals surface area contributed by atoms with Gasteiger partial charge in [-0.2, -0.15) is 0 Å². The third-order valence-corrected chi connectivity index (χ3v) is 4.60. The topological polar surface area (TPSA) is 72.3 Å². The van der Waals surface area contributed by atoms with E-state index in [-0.39, 0.29) is 22.8 Å². The van der Waals surface area contributed by atoms with Crippen LogP contribution in [0.5, 0.6) is 5.75 Å². The summed E-state index contributed by atoms with van der Waals surface area (Å²) in [6, 6.07) is 8.90. The summed E-state index contributed by atoms with van der Waals surface area (Å²) in [7, 11) is 1.59.